The summed E-state index contributed by atoms with van der Waals surface area (Å²) in [5, 5.41) is 0. The summed E-state index contributed by atoms with van der Waals surface area (Å²) in [7, 11) is 0. The SMILES string of the molecule is CC(=O)OC[C@H]1O[C@@H](Oc2ccccc(C(C)=O)c2=O)[C@H](OC(C)=O)[C@@H](OC(C)=O)[C@@H]1OC(C)=O. The van der Waals surface area contributed by atoms with Crippen LogP contribution in [0.2, 0.25) is 0 Å². The van der Waals surface area contributed by atoms with Crippen LogP contribution in [0.25, 0.3) is 0 Å². The molecule has 1 heterocycles. The molecule has 0 amide bonds. The lowest BCUT2D eigenvalue weighted by Crippen LogP contribution is -2.63. The number of esters is 4. The van der Waals surface area contributed by atoms with E-state index < -0.39 is 72.4 Å². The summed E-state index contributed by atoms with van der Waals surface area (Å²) in [6.45, 7) is 5.13. The summed E-state index contributed by atoms with van der Waals surface area (Å²) in [6.07, 6.45) is -7.18. The van der Waals surface area contributed by atoms with Gasteiger partial charge in [0.2, 0.25) is 17.8 Å². The summed E-state index contributed by atoms with van der Waals surface area (Å²) in [5.41, 5.74) is -0.939. The second kappa shape index (κ2) is 12.1. The fraction of sp³-hybridized carbons (Fsp3) is 0.478. The third kappa shape index (κ3) is 7.60. The van der Waals surface area contributed by atoms with Gasteiger partial charge in [-0.2, -0.15) is 0 Å². The minimum Gasteiger partial charge on any atom is -0.463 e. The summed E-state index contributed by atoms with van der Waals surface area (Å²) in [4.78, 5) is 71.6. The van der Waals surface area contributed by atoms with Gasteiger partial charge in [-0.25, -0.2) is 0 Å². The molecule has 1 aromatic carbocycles. The van der Waals surface area contributed by atoms with Crippen molar-refractivity contribution in [2.24, 2.45) is 0 Å². The molecule has 0 N–H and O–H groups in total. The van der Waals surface area contributed by atoms with Gasteiger partial charge < -0.3 is 28.4 Å². The summed E-state index contributed by atoms with van der Waals surface area (Å²) in [6, 6.07) is 5.47. The zero-order chi connectivity index (χ0) is 26.3. The van der Waals surface area contributed by atoms with Crippen molar-refractivity contribution in [2.75, 3.05) is 6.61 Å². The lowest BCUT2D eigenvalue weighted by atomic mass is 9.98. The van der Waals surface area contributed by atoms with Crippen LogP contribution in [0.1, 0.15) is 45.0 Å². The summed E-state index contributed by atoms with van der Waals surface area (Å²) in [5.74, 6) is -3.95. The first-order valence-corrected chi connectivity index (χ1v) is 10.5. The van der Waals surface area contributed by atoms with Gasteiger partial charge in [0.15, 0.2) is 23.7 Å². The molecule has 0 spiro atoms. The number of rotatable bonds is 8. The Balaban J connectivity index is 2.58. The topological polar surface area (TPSA) is 158 Å². The van der Waals surface area contributed by atoms with E-state index >= 15 is 0 Å². The second-order valence-electron chi connectivity index (χ2n) is 7.57. The van der Waals surface area contributed by atoms with Crippen molar-refractivity contribution in [1.29, 1.82) is 0 Å². The van der Waals surface area contributed by atoms with Crippen molar-refractivity contribution < 1.29 is 52.4 Å². The van der Waals surface area contributed by atoms with Crippen LogP contribution in [0.15, 0.2) is 29.1 Å². The summed E-state index contributed by atoms with van der Waals surface area (Å²) >= 11 is 0. The molecule has 1 saturated heterocycles. The van der Waals surface area contributed by atoms with Crippen LogP contribution in [0, 0.1) is 0 Å². The van der Waals surface area contributed by atoms with E-state index in [1.807, 2.05) is 0 Å². The third-order valence-electron chi connectivity index (χ3n) is 4.66. The Morgan fingerprint density at radius 1 is 0.771 bits per heavy atom. The lowest BCUT2D eigenvalue weighted by Gasteiger charge is -2.43. The molecule has 0 aromatic heterocycles. The Hall–Kier alpha value is -3.80. The van der Waals surface area contributed by atoms with Gasteiger partial charge in [-0.3, -0.25) is 28.8 Å². The van der Waals surface area contributed by atoms with Gasteiger partial charge in [-0.15, -0.1) is 0 Å². The third-order valence-corrected chi connectivity index (χ3v) is 4.66. The van der Waals surface area contributed by atoms with E-state index in [-0.39, 0.29) is 11.3 Å². The minimum absolute atomic E-state index is 0.171. The van der Waals surface area contributed by atoms with Gasteiger partial charge in [0.05, 0.1) is 5.56 Å². The zero-order valence-electron chi connectivity index (χ0n) is 19.8. The number of ketones is 1. The van der Waals surface area contributed by atoms with E-state index in [0.717, 1.165) is 27.7 Å². The first kappa shape index (κ1) is 27.4. The summed E-state index contributed by atoms with van der Waals surface area (Å²) < 4.78 is 32.4. The van der Waals surface area contributed by atoms with E-state index in [0.29, 0.717) is 0 Å². The van der Waals surface area contributed by atoms with Crippen LogP contribution < -0.4 is 10.2 Å². The minimum atomic E-state index is -1.59. The Morgan fingerprint density at radius 3 is 1.86 bits per heavy atom. The largest absolute Gasteiger partial charge is 0.463 e. The highest BCUT2D eigenvalue weighted by atomic mass is 16.7. The van der Waals surface area contributed by atoms with Gasteiger partial charge >= 0.3 is 23.9 Å². The normalized spacial score (nSPS) is 23.4. The lowest BCUT2D eigenvalue weighted by molar-refractivity contribution is -0.288. The van der Waals surface area contributed by atoms with Crippen molar-refractivity contribution in [3.8, 4) is 5.75 Å². The van der Waals surface area contributed by atoms with Crippen molar-refractivity contribution in [1.82, 2.24) is 0 Å². The average Bonchev–Trinajstić information content (AvgIpc) is 2.91. The Labute approximate surface area is 200 Å². The predicted octanol–water partition coefficient (Wildman–Crippen LogP) is 0.711. The van der Waals surface area contributed by atoms with E-state index in [1.54, 1.807) is 0 Å². The van der Waals surface area contributed by atoms with Crippen LogP contribution in [0.3, 0.4) is 0 Å². The van der Waals surface area contributed by atoms with Gasteiger partial charge in [0.25, 0.3) is 0 Å². The van der Waals surface area contributed by atoms with E-state index in [1.165, 1.54) is 31.2 Å². The van der Waals surface area contributed by atoms with Gasteiger partial charge in [0.1, 0.15) is 12.7 Å². The number of ether oxygens (including phenoxy) is 6. The molecule has 5 atom stereocenters. The monoisotopic (exact) mass is 494 g/mol. The molecule has 0 saturated carbocycles. The highest BCUT2D eigenvalue weighted by Gasteiger charge is 2.53. The molecule has 1 aromatic rings. The molecule has 35 heavy (non-hydrogen) atoms. The number of hydrogen-bond donors (Lipinski definition) is 0. The quantitative estimate of drug-likeness (QED) is 0.283. The van der Waals surface area contributed by atoms with Crippen LogP contribution in [-0.4, -0.2) is 67.0 Å². The zero-order valence-corrected chi connectivity index (χ0v) is 19.8. The van der Waals surface area contributed by atoms with E-state index in [4.69, 9.17) is 28.4 Å². The maximum atomic E-state index is 12.8. The molecular formula is C23H26O12. The molecule has 12 heteroatoms. The average molecular weight is 494 g/mol. The fourth-order valence-corrected chi connectivity index (χ4v) is 3.36. The fourth-order valence-electron chi connectivity index (χ4n) is 3.36. The molecule has 0 unspecified atom stereocenters. The van der Waals surface area contributed by atoms with Crippen LogP contribution in [-0.2, 0) is 42.9 Å². The predicted molar refractivity (Wildman–Crippen MR) is 115 cm³/mol. The van der Waals surface area contributed by atoms with Crippen LogP contribution in [0.5, 0.6) is 5.75 Å². The van der Waals surface area contributed by atoms with Crippen molar-refractivity contribution in [3.05, 3.63) is 40.1 Å². The van der Waals surface area contributed by atoms with Crippen molar-refractivity contribution >= 4 is 29.7 Å². The Morgan fingerprint density at radius 2 is 1.31 bits per heavy atom. The van der Waals surface area contributed by atoms with Gasteiger partial charge in [0, 0.05) is 27.7 Å². The molecule has 190 valence electrons. The second-order valence-corrected chi connectivity index (χ2v) is 7.57. The first-order chi connectivity index (χ1) is 16.4. The maximum absolute atomic E-state index is 12.8. The molecule has 0 aliphatic carbocycles. The molecule has 1 fully saturated rings. The molecule has 0 bridgehead atoms. The van der Waals surface area contributed by atoms with Crippen LogP contribution in [0.4, 0.5) is 0 Å². The molecule has 12 nitrogen and oxygen atoms in total. The Kier molecular flexibility index (Phi) is 9.46. The molecule has 1 aliphatic heterocycles. The number of carbonyl (C=O) groups is 5. The molecule has 0 radical (unpaired) electrons. The maximum Gasteiger partial charge on any atom is 0.303 e. The van der Waals surface area contributed by atoms with Crippen molar-refractivity contribution in [2.45, 2.75) is 65.3 Å². The highest BCUT2D eigenvalue weighted by Crippen LogP contribution is 2.30. The van der Waals surface area contributed by atoms with E-state index in [2.05, 4.69) is 0 Å². The van der Waals surface area contributed by atoms with Gasteiger partial charge in [-0.05, 0) is 19.1 Å². The highest BCUT2D eigenvalue weighted by molar-refractivity contribution is 5.94. The first-order valence-electron chi connectivity index (χ1n) is 10.5. The van der Waals surface area contributed by atoms with Gasteiger partial charge in [-0.1, -0.05) is 12.1 Å². The van der Waals surface area contributed by atoms with E-state index in [9.17, 15) is 28.8 Å². The molecule has 2 rings (SSSR count). The van der Waals surface area contributed by atoms with Crippen molar-refractivity contribution in [3.63, 3.8) is 0 Å². The Bertz CT molecular complexity index is 1050. The number of carbonyl (C=O) groups excluding carboxylic acids is 5. The van der Waals surface area contributed by atoms with Crippen LogP contribution >= 0.6 is 0 Å². The smallest absolute Gasteiger partial charge is 0.303 e. The number of Topliss-reactive ketones (excluding diaryl/α,β-unsaturated/α-hetero) is 1. The number of hydrogen-bond acceptors (Lipinski definition) is 12. The molecular weight excluding hydrogens is 468 g/mol. The standard InChI is InChI=1S/C23H26O12/c1-11(24)16-8-6-7-9-17(19(16)29)34-23-22(33-15(5)28)21(32-14(4)27)20(31-13(3)26)18(35-23)10-30-12(2)25/h6-9,18,20-23H,10H2,1-5H3/t18-,20-,21+,22-,23-/m1/s1. The molecule has 1 aliphatic rings.